The Bertz CT molecular complexity index is 826. The van der Waals surface area contributed by atoms with E-state index in [-0.39, 0.29) is 11.7 Å². The summed E-state index contributed by atoms with van der Waals surface area (Å²) in [7, 11) is 0. The van der Waals surface area contributed by atoms with E-state index in [2.05, 4.69) is 10.6 Å². The molecule has 26 heavy (non-hydrogen) atoms. The standard InChI is InChI=1S/C19H20FN3O2S/c1-12-11-14(5-8-16(12)20)23-10-9-17(18(23)24)22-19(25)21-13-3-6-15(26-2)7-4-13/h3-8,11,17H,9-10H2,1-2H3,(H2,21,22,25). The van der Waals surface area contributed by atoms with E-state index in [1.54, 1.807) is 35.7 Å². The van der Waals surface area contributed by atoms with Crippen LogP contribution in [0.1, 0.15) is 12.0 Å². The summed E-state index contributed by atoms with van der Waals surface area (Å²) < 4.78 is 13.4. The molecule has 2 aromatic carbocycles. The molecular formula is C19H20FN3O2S. The van der Waals surface area contributed by atoms with Crippen molar-refractivity contribution >= 4 is 35.1 Å². The van der Waals surface area contributed by atoms with Gasteiger partial charge in [-0.3, -0.25) is 4.79 Å². The number of urea groups is 1. The van der Waals surface area contributed by atoms with Gasteiger partial charge in [-0.05, 0) is 67.6 Å². The van der Waals surface area contributed by atoms with Gasteiger partial charge in [-0.25, -0.2) is 9.18 Å². The molecule has 7 heteroatoms. The number of rotatable bonds is 4. The summed E-state index contributed by atoms with van der Waals surface area (Å²) in [5, 5.41) is 5.44. The number of amides is 3. The van der Waals surface area contributed by atoms with Crippen molar-refractivity contribution in [1.29, 1.82) is 0 Å². The zero-order valence-electron chi connectivity index (χ0n) is 14.6. The van der Waals surface area contributed by atoms with Crippen LogP contribution in [0, 0.1) is 12.7 Å². The highest BCUT2D eigenvalue weighted by atomic mass is 32.2. The third kappa shape index (κ3) is 3.99. The van der Waals surface area contributed by atoms with Gasteiger partial charge in [0.15, 0.2) is 0 Å². The number of carbonyl (C=O) groups is 2. The van der Waals surface area contributed by atoms with Crippen LogP contribution in [0.15, 0.2) is 47.4 Å². The Hall–Kier alpha value is -2.54. The highest BCUT2D eigenvalue weighted by molar-refractivity contribution is 7.98. The Morgan fingerprint density at radius 2 is 1.96 bits per heavy atom. The lowest BCUT2D eigenvalue weighted by molar-refractivity contribution is -0.118. The lowest BCUT2D eigenvalue weighted by Crippen LogP contribution is -2.43. The van der Waals surface area contributed by atoms with Gasteiger partial charge in [0.2, 0.25) is 5.91 Å². The largest absolute Gasteiger partial charge is 0.326 e. The maximum absolute atomic E-state index is 13.4. The smallest absolute Gasteiger partial charge is 0.319 e. The van der Waals surface area contributed by atoms with Gasteiger partial charge >= 0.3 is 6.03 Å². The van der Waals surface area contributed by atoms with Crippen LogP contribution < -0.4 is 15.5 Å². The second-order valence-corrected chi connectivity index (χ2v) is 6.97. The fourth-order valence-electron chi connectivity index (χ4n) is 2.87. The minimum atomic E-state index is -0.592. The first-order valence-electron chi connectivity index (χ1n) is 8.27. The molecule has 2 N–H and O–H groups in total. The van der Waals surface area contributed by atoms with E-state index in [4.69, 9.17) is 0 Å². The summed E-state index contributed by atoms with van der Waals surface area (Å²) in [4.78, 5) is 27.4. The lowest BCUT2D eigenvalue weighted by atomic mass is 10.2. The lowest BCUT2D eigenvalue weighted by Gasteiger charge is -2.18. The number of anilines is 2. The van der Waals surface area contributed by atoms with Crippen molar-refractivity contribution in [3.8, 4) is 0 Å². The van der Waals surface area contributed by atoms with Gasteiger partial charge in [0.25, 0.3) is 0 Å². The first kappa shape index (κ1) is 18.3. The highest BCUT2D eigenvalue weighted by Crippen LogP contribution is 2.24. The first-order valence-corrected chi connectivity index (χ1v) is 9.49. The number of halogens is 1. The second-order valence-electron chi connectivity index (χ2n) is 6.09. The number of carbonyl (C=O) groups excluding carboxylic acids is 2. The van der Waals surface area contributed by atoms with Crippen LogP contribution in [-0.2, 0) is 4.79 Å². The average molecular weight is 373 g/mol. The number of nitrogens with one attached hydrogen (secondary N) is 2. The van der Waals surface area contributed by atoms with Crippen molar-refractivity contribution in [3.63, 3.8) is 0 Å². The summed E-state index contributed by atoms with van der Waals surface area (Å²) in [6, 6.07) is 11.0. The molecule has 3 amide bonds. The molecule has 1 aliphatic rings. The molecule has 0 radical (unpaired) electrons. The second kappa shape index (κ2) is 7.78. The number of thioether (sulfide) groups is 1. The summed E-state index contributed by atoms with van der Waals surface area (Å²) >= 11 is 1.62. The maximum atomic E-state index is 13.4. The Morgan fingerprint density at radius 1 is 1.23 bits per heavy atom. The molecule has 1 atom stereocenters. The van der Waals surface area contributed by atoms with Gasteiger partial charge in [-0.15, -0.1) is 11.8 Å². The minimum Gasteiger partial charge on any atom is -0.326 e. The van der Waals surface area contributed by atoms with Crippen molar-refractivity contribution in [1.82, 2.24) is 5.32 Å². The average Bonchev–Trinajstić information content (AvgIpc) is 2.98. The number of nitrogens with zero attached hydrogens (tertiary/aromatic N) is 1. The van der Waals surface area contributed by atoms with Crippen LogP contribution in [0.2, 0.25) is 0 Å². The van der Waals surface area contributed by atoms with Crippen molar-refractivity contribution in [2.75, 3.05) is 23.0 Å². The molecule has 3 rings (SSSR count). The van der Waals surface area contributed by atoms with Gasteiger partial charge < -0.3 is 15.5 Å². The topological polar surface area (TPSA) is 61.4 Å². The Morgan fingerprint density at radius 3 is 2.62 bits per heavy atom. The number of aryl methyl sites for hydroxylation is 1. The minimum absolute atomic E-state index is 0.191. The van der Waals surface area contributed by atoms with E-state index in [1.165, 1.54) is 6.07 Å². The fraction of sp³-hybridized carbons (Fsp3) is 0.263. The third-order valence-corrected chi connectivity index (χ3v) is 5.06. The molecule has 0 bridgehead atoms. The molecule has 1 heterocycles. The van der Waals surface area contributed by atoms with Gasteiger partial charge in [-0.1, -0.05) is 0 Å². The monoisotopic (exact) mass is 373 g/mol. The zero-order valence-corrected chi connectivity index (χ0v) is 15.4. The predicted octanol–water partition coefficient (Wildman–Crippen LogP) is 3.78. The molecular weight excluding hydrogens is 353 g/mol. The van der Waals surface area contributed by atoms with Crippen molar-refractivity contribution in [2.45, 2.75) is 24.3 Å². The molecule has 1 unspecified atom stereocenters. The van der Waals surface area contributed by atoms with E-state index in [0.717, 1.165) is 4.90 Å². The molecule has 0 aromatic heterocycles. The molecule has 0 aliphatic carbocycles. The first-order chi connectivity index (χ1) is 12.5. The Labute approximate surface area is 156 Å². The molecule has 1 fully saturated rings. The molecule has 5 nitrogen and oxygen atoms in total. The highest BCUT2D eigenvalue weighted by Gasteiger charge is 2.33. The quantitative estimate of drug-likeness (QED) is 0.802. The fourth-order valence-corrected chi connectivity index (χ4v) is 3.28. The normalized spacial score (nSPS) is 16.7. The Kier molecular flexibility index (Phi) is 5.46. The maximum Gasteiger partial charge on any atom is 0.319 e. The van der Waals surface area contributed by atoms with Gasteiger partial charge in [-0.2, -0.15) is 0 Å². The van der Waals surface area contributed by atoms with Crippen molar-refractivity contribution in [2.24, 2.45) is 0 Å². The zero-order chi connectivity index (χ0) is 18.7. The van der Waals surface area contributed by atoms with Crippen LogP contribution in [-0.4, -0.2) is 30.8 Å². The van der Waals surface area contributed by atoms with E-state index >= 15 is 0 Å². The van der Waals surface area contributed by atoms with Gasteiger partial charge in [0, 0.05) is 22.8 Å². The van der Waals surface area contributed by atoms with Crippen LogP contribution >= 0.6 is 11.8 Å². The summed E-state index contributed by atoms with van der Waals surface area (Å²) in [5.74, 6) is -0.495. The van der Waals surface area contributed by atoms with Crippen LogP contribution in [0.4, 0.5) is 20.6 Å². The summed E-state index contributed by atoms with van der Waals surface area (Å²) in [5.41, 5.74) is 1.79. The van der Waals surface area contributed by atoms with Crippen molar-refractivity contribution in [3.05, 3.63) is 53.8 Å². The molecule has 0 spiro atoms. The van der Waals surface area contributed by atoms with E-state index in [9.17, 15) is 14.0 Å². The van der Waals surface area contributed by atoms with Crippen LogP contribution in [0.5, 0.6) is 0 Å². The predicted molar refractivity (Wildman–Crippen MR) is 102 cm³/mol. The SMILES string of the molecule is CSc1ccc(NC(=O)NC2CCN(c3ccc(F)c(C)c3)C2=O)cc1. The number of benzene rings is 2. The summed E-state index contributed by atoms with van der Waals surface area (Å²) in [6.07, 6.45) is 2.49. The van der Waals surface area contributed by atoms with E-state index in [0.29, 0.717) is 29.9 Å². The van der Waals surface area contributed by atoms with Crippen LogP contribution in [0.3, 0.4) is 0 Å². The molecule has 1 saturated heterocycles. The number of hydrogen-bond acceptors (Lipinski definition) is 3. The van der Waals surface area contributed by atoms with E-state index < -0.39 is 12.1 Å². The van der Waals surface area contributed by atoms with Crippen LogP contribution in [0.25, 0.3) is 0 Å². The molecule has 0 saturated carbocycles. The van der Waals surface area contributed by atoms with Crippen molar-refractivity contribution < 1.29 is 14.0 Å². The summed E-state index contributed by atoms with van der Waals surface area (Å²) in [6.45, 7) is 2.14. The number of hydrogen-bond donors (Lipinski definition) is 2. The van der Waals surface area contributed by atoms with Gasteiger partial charge in [0.1, 0.15) is 11.9 Å². The Balaban J connectivity index is 1.60. The molecule has 1 aliphatic heterocycles. The molecule has 2 aromatic rings. The molecule has 136 valence electrons. The van der Waals surface area contributed by atoms with Gasteiger partial charge in [0.05, 0.1) is 0 Å². The third-order valence-electron chi connectivity index (χ3n) is 4.31. The van der Waals surface area contributed by atoms with E-state index in [1.807, 2.05) is 30.5 Å².